The number of carbonyl (C=O) groups is 1. The average molecular weight is 313 g/mol. The molecule has 2 heteroatoms. The van der Waals surface area contributed by atoms with Gasteiger partial charge in [-0.1, -0.05) is 73.2 Å². The molecule has 4 rings (SSSR count). The summed E-state index contributed by atoms with van der Waals surface area (Å²) in [5, 5.41) is 0. The van der Waals surface area contributed by atoms with E-state index in [4.69, 9.17) is 6.42 Å². The van der Waals surface area contributed by atoms with E-state index in [2.05, 4.69) is 36.8 Å². The molecule has 1 spiro atoms. The standard InChI is InChI=1S/C22H19NO/c1-3-14-23-15-17(2)21(20(23)24)16-22(21,18-10-6-4-7-11-18)19-12-8-5-9-13-19/h1,4-13H,2,14-16H2. The maximum atomic E-state index is 13.2. The minimum atomic E-state index is -0.549. The zero-order valence-electron chi connectivity index (χ0n) is 13.5. The van der Waals surface area contributed by atoms with Crippen LogP contribution in [0.3, 0.4) is 0 Å². The number of likely N-dealkylation sites (tertiary alicyclic amines) is 1. The molecule has 1 saturated carbocycles. The summed E-state index contributed by atoms with van der Waals surface area (Å²) in [6.07, 6.45) is 6.21. The van der Waals surface area contributed by atoms with E-state index in [0.717, 1.165) is 12.0 Å². The highest BCUT2D eigenvalue weighted by molar-refractivity contribution is 5.97. The molecule has 1 amide bonds. The molecule has 0 bridgehead atoms. The largest absolute Gasteiger partial charge is 0.327 e. The number of carbonyl (C=O) groups excluding carboxylic acids is 1. The normalized spacial score (nSPS) is 24.2. The van der Waals surface area contributed by atoms with Gasteiger partial charge < -0.3 is 4.90 Å². The Bertz CT molecular complexity index is 807. The summed E-state index contributed by atoms with van der Waals surface area (Å²) in [6.45, 7) is 5.17. The van der Waals surface area contributed by atoms with Crippen molar-refractivity contribution < 1.29 is 4.79 Å². The van der Waals surface area contributed by atoms with Crippen molar-refractivity contribution in [1.82, 2.24) is 4.90 Å². The molecule has 1 aliphatic heterocycles. The van der Waals surface area contributed by atoms with E-state index in [1.165, 1.54) is 11.1 Å². The number of amides is 1. The SMILES string of the molecule is C#CCN1CC(=C)C2(CC2(c2ccccc2)c2ccccc2)C1=O. The predicted octanol–water partition coefficient (Wildman–Crippen LogP) is 3.39. The van der Waals surface area contributed by atoms with Crippen LogP contribution in [0.15, 0.2) is 72.8 Å². The molecule has 2 aromatic carbocycles. The van der Waals surface area contributed by atoms with Crippen LogP contribution in [0, 0.1) is 17.8 Å². The molecule has 1 unspecified atom stereocenters. The fraction of sp³-hybridized carbons (Fsp3) is 0.227. The van der Waals surface area contributed by atoms with Crippen molar-refractivity contribution in [2.45, 2.75) is 11.8 Å². The third-order valence-corrected chi connectivity index (χ3v) is 5.59. The van der Waals surface area contributed by atoms with E-state index in [0.29, 0.717) is 13.1 Å². The highest BCUT2D eigenvalue weighted by Gasteiger charge is 2.77. The Morgan fingerprint density at radius 3 is 2.04 bits per heavy atom. The Labute approximate surface area is 142 Å². The lowest BCUT2D eigenvalue weighted by Gasteiger charge is -2.24. The number of nitrogens with zero attached hydrogens (tertiary/aromatic N) is 1. The van der Waals surface area contributed by atoms with Crippen molar-refractivity contribution in [2.24, 2.45) is 5.41 Å². The lowest BCUT2D eigenvalue weighted by Crippen LogP contribution is -2.32. The Balaban J connectivity index is 1.89. The lowest BCUT2D eigenvalue weighted by atomic mass is 9.78. The molecule has 0 N–H and O–H groups in total. The molecule has 0 aromatic heterocycles. The Hall–Kier alpha value is -2.79. The number of hydrogen-bond acceptors (Lipinski definition) is 1. The Morgan fingerprint density at radius 2 is 1.54 bits per heavy atom. The van der Waals surface area contributed by atoms with E-state index < -0.39 is 5.41 Å². The van der Waals surface area contributed by atoms with Crippen molar-refractivity contribution in [3.05, 3.63) is 83.9 Å². The van der Waals surface area contributed by atoms with Gasteiger partial charge in [-0.05, 0) is 23.1 Å². The third-order valence-electron chi connectivity index (χ3n) is 5.59. The van der Waals surface area contributed by atoms with Gasteiger partial charge in [-0.15, -0.1) is 6.42 Å². The first-order chi connectivity index (χ1) is 11.7. The van der Waals surface area contributed by atoms with Gasteiger partial charge in [0, 0.05) is 12.0 Å². The summed E-state index contributed by atoms with van der Waals surface area (Å²) in [6, 6.07) is 20.6. The summed E-state index contributed by atoms with van der Waals surface area (Å²) in [7, 11) is 0. The summed E-state index contributed by atoms with van der Waals surface area (Å²) >= 11 is 0. The van der Waals surface area contributed by atoms with E-state index in [1.54, 1.807) is 4.90 Å². The van der Waals surface area contributed by atoms with Crippen molar-refractivity contribution in [3.63, 3.8) is 0 Å². The van der Waals surface area contributed by atoms with Crippen LogP contribution < -0.4 is 0 Å². The van der Waals surface area contributed by atoms with E-state index in [9.17, 15) is 4.79 Å². The first-order valence-electron chi connectivity index (χ1n) is 8.19. The van der Waals surface area contributed by atoms with Crippen LogP contribution in [-0.2, 0) is 10.2 Å². The first kappa shape index (κ1) is 14.8. The van der Waals surface area contributed by atoms with Gasteiger partial charge in [0.25, 0.3) is 0 Å². The van der Waals surface area contributed by atoms with E-state index in [-0.39, 0.29) is 11.3 Å². The minimum Gasteiger partial charge on any atom is -0.327 e. The van der Waals surface area contributed by atoms with Gasteiger partial charge in [0.05, 0.1) is 12.0 Å². The quantitative estimate of drug-likeness (QED) is 0.628. The molecule has 2 aliphatic rings. The first-order valence-corrected chi connectivity index (χ1v) is 8.19. The summed E-state index contributed by atoms with van der Waals surface area (Å²) in [4.78, 5) is 15.0. The second-order valence-electron chi connectivity index (χ2n) is 6.69. The average Bonchev–Trinajstić information content (AvgIpc) is 3.29. The monoisotopic (exact) mass is 313 g/mol. The molecular formula is C22H19NO. The van der Waals surface area contributed by atoms with Gasteiger partial charge in [0.1, 0.15) is 0 Å². The number of terminal acetylenes is 1. The molecule has 118 valence electrons. The molecule has 2 aromatic rings. The van der Waals surface area contributed by atoms with Gasteiger partial charge in [0.2, 0.25) is 5.91 Å². The van der Waals surface area contributed by atoms with Crippen molar-refractivity contribution in [1.29, 1.82) is 0 Å². The molecule has 1 aliphatic carbocycles. The van der Waals surface area contributed by atoms with Crippen LogP contribution >= 0.6 is 0 Å². The van der Waals surface area contributed by atoms with Crippen LogP contribution in [0.1, 0.15) is 17.5 Å². The smallest absolute Gasteiger partial charge is 0.235 e. The zero-order valence-corrected chi connectivity index (χ0v) is 13.5. The van der Waals surface area contributed by atoms with Gasteiger partial charge in [-0.3, -0.25) is 4.79 Å². The van der Waals surface area contributed by atoms with Gasteiger partial charge in [-0.25, -0.2) is 0 Å². The maximum absolute atomic E-state index is 13.2. The topological polar surface area (TPSA) is 20.3 Å². The van der Waals surface area contributed by atoms with Crippen molar-refractivity contribution in [3.8, 4) is 12.3 Å². The fourth-order valence-electron chi connectivity index (χ4n) is 4.44. The van der Waals surface area contributed by atoms with Crippen molar-refractivity contribution in [2.75, 3.05) is 13.1 Å². The molecule has 0 radical (unpaired) electrons. The van der Waals surface area contributed by atoms with Gasteiger partial charge >= 0.3 is 0 Å². The molecular weight excluding hydrogens is 294 g/mol. The van der Waals surface area contributed by atoms with Crippen LogP contribution in [0.25, 0.3) is 0 Å². The fourth-order valence-corrected chi connectivity index (χ4v) is 4.44. The third kappa shape index (κ3) is 1.70. The lowest BCUT2D eigenvalue weighted by molar-refractivity contribution is -0.131. The van der Waals surface area contributed by atoms with Crippen LogP contribution in [0.5, 0.6) is 0 Å². The van der Waals surface area contributed by atoms with Crippen molar-refractivity contribution >= 4 is 5.91 Å². The minimum absolute atomic E-state index is 0.123. The summed E-state index contributed by atoms with van der Waals surface area (Å²) in [5.41, 5.74) is 2.46. The Kier molecular flexibility index (Phi) is 3.15. The molecule has 1 saturated heterocycles. The van der Waals surface area contributed by atoms with Gasteiger partial charge in [-0.2, -0.15) is 0 Å². The van der Waals surface area contributed by atoms with Crippen LogP contribution in [-0.4, -0.2) is 23.9 Å². The van der Waals surface area contributed by atoms with Crippen LogP contribution in [0.2, 0.25) is 0 Å². The number of rotatable bonds is 3. The molecule has 1 atom stereocenters. The number of hydrogen-bond donors (Lipinski definition) is 0. The van der Waals surface area contributed by atoms with E-state index in [1.807, 2.05) is 36.4 Å². The molecule has 2 nitrogen and oxygen atoms in total. The zero-order chi connectivity index (χ0) is 16.8. The Morgan fingerprint density at radius 1 is 1.00 bits per heavy atom. The molecule has 24 heavy (non-hydrogen) atoms. The van der Waals surface area contributed by atoms with E-state index >= 15 is 0 Å². The van der Waals surface area contributed by atoms with Gasteiger partial charge in [0.15, 0.2) is 0 Å². The second-order valence-corrected chi connectivity index (χ2v) is 6.69. The highest BCUT2D eigenvalue weighted by atomic mass is 16.2. The maximum Gasteiger partial charge on any atom is 0.235 e. The summed E-state index contributed by atoms with van der Waals surface area (Å²) in [5.74, 6) is 2.72. The summed E-state index contributed by atoms with van der Waals surface area (Å²) < 4.78 is 0. The molecule has 1 heterocycles. The predicted molar refractivity (Wildman–Crippen MR) is 95.3 cm³/mol. The number of benzene rings is 2. The molecule has 2 fully saturated rings. The highest BCUT2D eigenvalue weighted by Crippen LogP contribution is 2.73. The second kappa shape index (κ2) is 5.11. The van der Waals surface area contributed by atoms with Crippen LogP contribution in [0.4, 0.5) is 0 Å².